The van der Waals surface area contributed by atoms with Crippen molar-refractivity contribution in [2.24, 2.45) is 0 Å². The molecule has 0 radical (unpaired) electrons. The summed E-state index contributed by atoms with van der Waals surface area (Å²) in [5.41, 5.74) is 1.67. The van der Waals surface area contributed by atoms with E-state index in [-0.39, 0.29) is 11.6 Å². The highest BCUT2D eigenvalue weighted by atomic mass is 16.6. The lowest BCUT2D eigenvalue weighted by atomic mass is 9.84. The molecule has 0 fully saturated rings. The number of fused-ring (bicyclic) bond motifs is 2. The van der Waals surface area contributed by atoms with Crippen LogP contribution in [0.4, 0.5) is 0 Å². The number of carbonyl (C=O) groups excluding carboxylic acids is 2. The molecule has 6 nitrogen and oxygen atoms in total. The Balaban J connectivity index is 1.51. The van der Waals surface area contributed by atoms with Crippen molar-refractivity contribution in [3.8, 4) is 5.75 Å². The van der Waals surface area contributed by atoms with Gasteiger partial charge in [-0.1, -0.05) is 24.3 Å². The topological polar surface area (TPSA) is 71.1 Å². The van der Waals surface area contributed by atoms with Crippen LogP contribution in [0.1, 0.15) is 31.8 Å². The van der Waals surface area contributed by atoms with Crippen LogP contribution in [-0.4, -0.2) is 58.3 Å². The van der Waals surface area contributed by atoms with E-state index in [1.807, 2.05) is 0 Å². The molecule has 1 aliphatic rings. The monoisotopic (exact) mass is 370 g/mol. The van der Waals surface area contributed by atoms with Gasteiger partial charge < -0.3 is 18.9 Å². The van der Waals surface area contributed by atoms with Gasteiger partial charge in [-0.25, -0.2) is 0 Å². The van der Waals surface area contributed by atoms with Gasteiger partial charge in [-0.3, -0.25) is 9.59 Å². The molecule has 0 aromatic heterocycles. The zero-order chi connectivity index (χ0) is 19.1. The molecule has 6 heteroatoms. The average molecular weight is 370 g/mol. The van der Waals surface area contributed by atoms with Gasteiger partial charge in [0.25, 0.3) is 0 Å². The highest BCUT2D eigenvalue weighted by Crippen LogP contribution is 2.29. The van der Waals surface area contributed by atoms with Crippen molar-refractivity contribution < 1.29 is 28.5 Å². The maximum Gasteiger partial charge on any atom is 0.194 e. The number of ether oxygens (including phenoxy) is 4. The normalized spacial score (nSPS) is 12.6. The Labute approximate surface area is 158 Å². The van der Waals surface area contributed by atoms with Crippen LogP contribution in [0.5, 0.6) is 5.75 Å². The second kappa shape index (κ2) is 9.41. The molecule has 0 heterocycles. The van der Waals surface area contributed by atoms with E-state index in [1.165, 1.54) is 0 Å². The van der Waals surface area contributed by atoms with Crippen LogP contribution in [0.2, 0.25) is 0 Å². The molecule has 27 heavy (non-hydrogen) atoms. The first-order valence-corrected chi connectivity index (χ1v) is 8.82. The van der Waals surface area contributed by atoms with Crippen molar-refractivity contribution >= 4 is 11.6 Å². The van der Waals surface area contributed by atoms with Gasteiger partial charge in [-0.05, 0) is 18.2 Å². The molecule has 2 aromatic rings. The van der Waals surface area contributed by atoms with Gasteiger partial charge in [0.05, 0.1) is 33.0 Å². The summed E-state index contributed by atoms with van der Waals surface area (Å²) in [7, 11) is 1.63. The molecule has 0 saturated heterocycles. The van der Waals surface area contributed by atoms with Crippen LogP contribution in [0.25, 0.3) is 0 Å². The van der Waals surface area contributed by atoms with E-state index >= 15 is 0 Å². The molecule has 0 amide bonds. The van der Waals surface area contributed by atoms with Gasteiger partial charge in [-0.2, -0.15) is 0 Å². The fourth-order valence-electron chi connectivity index (χ4n) is 2.85. The Morgan fingerprint density at radius 1 is 0.667 bits per heavy atom. The summed E-state index contributed by atoms with van der Waals surface area (Å²) in [5.74, 6) is 0.243. The smallest absolute Gasteiger partial charge is 0.194 e. The quantitative estimate of drug-likeness (QED) is 0.511. The van der Waals surface area contributed by atoms with Gasteiger partial charge in [0.1, 0.15) is 12.4 Å². The Bertz CT molecular complexity index is 814. The van der Waals surface area contributed by atoms with E-state index in [9.17, 15) is 9.59 Å². The number of hydrogen-bond donors (Lipinski definition) is 0. The predicted molar refractivity (Wildman–Crippen MR) is 98.8 cm³/mol. The number of methoxy groups -OCH3 is 1. The van der Waals surface area contributed by atoms with Gasteiger partial charge in [0, 0.05) is 29.4 Å². The van der Waals surface area contributed by atoms with E-state index in [1.54, 1.807) is 49.6 Å². The summed E-state index contributed by atoms with van der Waals surface area (Å²) in [4.78, 5) is 25.2. The standard InChI is InChI=1S/C21H22O6/c1-24-8-9-25-10-11-26-12-13-27-15-6-7-18-19(14-15)21(23)17-5-3-2-4-16(17)20(18)22/h2-7,14H,8-13H2,1H3. The Morgan fingerprint density at radius 3 is 1.89 bits per heavy atom. The second-order valence-corrected chi connectivity index (χ2v) is 5.98. The lowest BCUT2D eigenvalue weighted by Gasteiger charge is -2.18. The molecule has 0 spiro atoms. The van der Waals surface area contributed by atoms with Crippen molar-refractivity contribution in [3.05, 3.63) is 64.7 Å². The summed E-state index contributed by atoms with van der Waals surface area (Å²) in [6.07, 6.45) is 0. The summed E-state index contributed by atoms with van der Waals surface area (Å²) >= 11 is 0. The van der Waals surface area contributed by atoms with Crippen LogP contribution in [-0.2, 0) is 14.2 Å². The molecule has 1 aliphatic carbocycles. The molecule has 0 atom stereocenters. The first kappa shape index (κ1) is 19.2. The van der Waals surface area contributed by atoms with E-state index < -0.39 is 0 Å². The third-order valence-corrected chi connectivity index (χ3v) is 4.20. The summed E-state index contributed by atoms with van der Waals surface area (Å²) in [5, 5.41) is 0. The number of carbonyl (C=O) groups is 2. The minimum atomic E-state index is -0.157. The number of ketones is 2. The maximum atomic E-state index is 12.7. The van der Waals surface area contributed by atoms with Crippen LogP contribution < -0.4 is 4.74 Å². The molecule has 0 aliphatic heterocycles. The van der Waals surface area contributed by atoms with Crippen LogP contribution >= 0.6 is 0 Å². The van der Waals surface area contributed by atoms with E-state index in [4.69, 9.17) is 18.9 Å². The summed E-state index contributed by atoms with van der Waals surface area (Å²) in [6, 6.07) is 11.8. The van der Waals surface area contributed by atoms with Crippen molar-refractivity contribution in [3.63, 3.8) is 0 Å². The van der Waals surface area contributed by atoms with Gasteiger partial charge in [-0.15, -0.1) is 0 Å². The van der Waals surface area contributed by atoms with Crippen LogP contribution in [0, 0.1) is 0 Å². The Hall–Kier alpha value is -2.54. The number of rotatable bonds is 10. The minimum Gasteiger partial charge on any atom is -0.491 e. The van der Waals surface area contributed by atoms with Crippen molar-refractivity contribution in [1.82, 2.24) is 0 Å². The SMILES string of the molecule is COCCOCCOCCOc1ccc2c(c1)C(=O)c1ccccc1C2=O. The first-order chi connectivity index (χ1) is 13.2. The third kappa shape index (κ3) is 4.60. The first-order valence-electron chi connectivity index (χ1n) is 8.82. The summed E-state index contributed by atoms with van der Waals surface area (Å²) < 4.78 is 21.2. The Kier molecular flexibility index (Phi) is 6.70. The van der Waals surface area contributed by atoms with E-state index in [2.05, 4.69) is 0 Å². The fraction of sp³-hybridized carbons (Fsp3) is 0.333. The van der Waals surface area contributed by atoms with Gasteiger partial charge in [0.15, 0.2) is 11.6 Å². The maximum absolute atomic E-state index is 12.7. The molecular formula is C21H22O6. The molecule has 0 saturated carbocycles. The summed E-state index contributed by atoms with van der Waals surface area (Å²) in [6.45, 7) is 2.82. The number of hydrogen-bond acceptors (Lipinski definition) is 6. The molecule has 142 valence electrons. The Morgan fingerprint density at radius 2 is 1.22 bits per heavy atom. The number of benzene rings is 2. The van der Waals surface area contributed by atoms with Crippen molar-refractivity contribution in [2.45, 2.75) is 0 Å². The second-order valence-electron chi connectivity index (χ2n) is 5.98. The molecule has 0 bridgehead atoms. The van der Waals surface area contributed by atoms with E-state index in [0.29, 0.717) is 67.6 Å². The molecule has 3 rings (SSSR count). The zero-order valence-corrected chi connectivity index (χ0v) is 15.2. The third-order valence-electron chi connectivity index (χ3n) is 4.20. The highest BCUT2D eigenvalue weighted by Gasteiger charge is 2.29. The average Bonchev–Trinajstić information content (AvgIpc) is 2.70. The fourth-order valence-corrected chi connectivity index (χ4v) is 2.85. The van der Waals surface area contributed by atoms with E-state index in [0.717, 1.165) is 0 Å². The van der Waals surface area contributed by atoms with Crippen LogP contribution in [0.3, 0.4) is 0 Å². The lowest BCUT2D eigenvalue weighted by Crippen LogP contribution is -2.21. The van der Waals surface area contributed by atoms with Crippen LogP contribution in [0.15, 0.2) is 42.5 Å². The highest BCUT2D eigenvalue weighted by molar-refractivity contribution is 6.28. The van der Waals surface area contributed by atoms with Crippen molar-refractivity contribution in [1.29, 1.82) is 0 Å². The largest absolute Gasteiger partial charge is 0.491 e. The predicted octanol–water partition coefficient (Wildman–Crippen LogP) is 2.52. The van der Waals surface area contributed by atoms with Gasteiger partial charge in [0.2, 0.25) is 0 Å². The molecule has 0 unspecified atom stereocenters. The molecule has 0 N–H and O–H groups in total. The minimum absolute atomic E-state index is 0.136. The lowest BCUT2D eigenvalue weighted by molar-refractivity contribution is 0.0179. The van der Waals surface area contributed by atoms with Crippen molar-refractivity contribution in [2.75, 3.05) is 46.8 Å². The van der Waals surface area contributed by atoms with Gasteiger partial charge >= 0.3 is 0 Å². The molecular weight excluding hydrogens is 348 g/mol. The zero-order valence-electron chi connectivity index (χ0n) is 15.2. The molecule has 2 aromatic carbocycles.